The van der Waals surface area contributed by atoms with E-state index in [9.17, 15) is 9.18 Å². The van der Waals surface area contributed by atoms with Crippen LogP contribution in [0.5, 0.6) is 0 Å². The molecule has 2 aromatic carbocycles. The lowest BCUT2D eigenvalue weighted by Gasteiger charge is -2.08. The van der Waals surface area contributed by atoms with E-state index in [2.05, 4.69) is 5.32 Å². The largest absolute Gasteiger partial charge is 0.320 e. The van der Waals surface area contributed by atoms with Crippen LogP contribution < -0.4 is 5.32 Å². The quantitative estimate of drug-likeness (QED) is 0.641. The fraction of sp³-hybridized carbons (Fsp3) is 0.0556. The zero-order chi connectivity index (χ0) is 16.4. The maximum absolute atomic E-state index is 13.1. The van der Waals surface area contributed by atoms with Crippen molar-refractivity contribution in [3.05, 3.63) is 75.2 Å². The van der Waals surface area contributed by atoms with Crippen molar-refractivity contribution < 1.29 is 9.18 Å². The summed E-state index contributed by atoms with van der Waals surface area (Å²) in [5.41, 5.74) is 3.40. The van der Waals surface area contributed by atoms with Crippen LogP contribution in [0.2, 0.25) is 5.02 Å². The Morgan fingerprint density at radius 3 is 2.57 bits per heavy atom. The van der Waals surface area contributed by atoms with Crippen LogP contribution in [-0.4, -0.2) is 5.91 Å². The average molecular weight is 346 g/mol. The van der Waals surface area contributed by atoms with Gasteiger partial charge in [-0.1, -0.05) is 41.4 Å². The number of benzene rings is 2. The first-order chi connectivity index (χ1) is 11.0. The molecule has 23 heavy (non-hydrogen) atoms. The number of hydrogen-bond donors (Lipinski definition) is 1. The number of carbonyl (C=O) groups excluding carboxylic acids is 1. The van der Waals surface area contributed by atoms with Gasteiger partial charge in [-0.3, -0.25) is 4.79 Å². The van der Waals surface area contributed by atoms with Gasteiger partial charge in [0.25, 0.3) is 5.91 Å². The molecule has 0 saturated carbocycles. The second-order valence-corrected chi connectivity index (χ2v) is 6.43. The fourth-order valence-electron chi connectivity index (χ4n) is 2.22. The highest BCUT2D eigenvalue weighted by atomic mass is 35.5. The van der Waals surface area contributed by atoms with E-state index in [4.69, 9.17) is 11.6 Å². The standard InChI is InChI=1S/C18H13ClFNOS/c1-11-2-4-12(5-3-11)14-8-9-23-17(14)18(22)21-16-7-6-13(20)10-15(16)19/h2-10H,1H3,(H,21,22). The van der Waals surface area contributed by atoms with Gasteiger partial charge >= 0.3 is 0 Å². The molecule has 3 rings (SSSR count). The highest BCUT2D eigenvalue weighted by molar-refractivity contribution is 7.12. The topological polar surface area (TPSA) is 29.1 Å². The lowest BCUT2D eigenvalue weighted by atomic mass is 10.0. The molecule has 0 atom stereocenters. The van der Waals surface area contributed by atoms with E-state index in [-0.39, 0.29) is 10.9 Å². The van der Waals surface area contributed by atoms with E-state index in [1.54, 1.807) is 0 Å². The molecule has 2 nitrogen and oxygen atoms in total. The third-order valence-corrected chi connectivity index (χ3v) is 4.64. The maximum Gasteiger partial charge on any atom is 0.266 e. The first-order valence-electron chi connectivity index (χ1n) is 6.95. The molecule has 0 saturated heterocycles. The molecule has 116 valence electrons. The highest BCUT2D eigenvalue weighted by Crippen LogP contribution is 2.30. The molecule has 5 heteroatoms. The van der Waals surface area contributed by atoms with Crippen LogP contribution in [0, 0.1) is 12.7 Å². The third kappa shape index (κ3) is 3.44. The second kappa shape index (κ2) is 6.52. The van der Waals surface area contributed by atoms with Crippen molar-refractivity contribution in [1.29, 1.82) is 0 Å². The zero-order valence-electron chi connectivity index (χ0n) is 12.3. The number of hydrogen-bond acceptors (Lipinski definition) is 2. The minimum atomic E-state index is -0.440. The van der Waals surface area contributed by atoms with Gasteiger partial charge in [-0.05, 0) is 42.1 Å². The van der Waals surface area contributed by atoms with Gasteiger partial charge in [-0.2, -0.15) is 0 Å². The molecule has 0 aliphatic carbocycles. The molecular weight excluding hydrogens is 333 g/mol. The summed E-state index contributed by atoms with van der Waals surface area (Å²) in [5, 5.41) is 4.78. The fourth-order valence-corrected chi connectivity index (χ4v) is 3.24. The predicted octanol–water partition coefficient (Wildman–Crippen LogP) is 5.77. The van der Waals surface area contributed by atoms with Crippen molar-refractivity contribution in [1.82, 2.24) is 0 Å². The lowest BCUT2D eigenvalue weighted by Crippen LogP contribution is -2.11. The van der Waals surface area contributed by atoms with Gasteiger partial charge in [-0.25, -0.2) is 4.39 Å². The van der Waals surface area contributed by atoms with Gasteiger partial charge in [0.05, 0.1) is 15.6 Å². The van der Waals surface area contributed by atoms with Crippen LogP contribution in [0.25, 0.3) is 11.1 Å². The number of aryl methyl sites for hydroxylation is 1. The van der Waals surface area contributed by atoms with E-state index in [1.165, 1.54) is 29.5 Å². The van der Waals surface area contributed by atoms with E-state index in [0.29, 0.717) is 10.6 Å². The summed E-state index contributed by atoms with van der Waals surface area (Å²) in [6, 6.07) is 13.8. The molecular formula is C18H13ClFNOS. The summed E-state index contributed by atoms with van der Waals surface area (Å²) >= 11 is 7.31. The lowest BCUT2D eigenvalue weighted by molar-refractivity contribution is 0.103. The van der Waals surface area contributed by atoms with Crippen LogP contribution in [0.1, 0.15) is 15.2 Å². The molecule has 1 aromatic heterocycles. The van der Waals surface area contributed by atoms with Crippen molar-refractivity contribution in [2.24, 2.45) is 0 Å². The average Bonchev–Trinajstić information content (AvgIpc) is 3.00. The molecule has 0 fully saturated rings. The SMILES string of the molecule is Cc1ccc(-c2ccsc2C(=O)Nc2ccc(F)cc2Cl)cc1. The Morgan fingerprint density at radius 2 is 1.87 bits per heavy atom. The highest BCUT2D eigenvalue weighted by Gasteiger charge is 2.16. The second-order valence-electron chi connectivity index (χ2n) is 5.11. The molecule has 0 radical (unpaired) electrons. The summed E-state index contributed by atoms with van der Waals surface area (Å²) < 4.78 is 13.1. The number of halogens is 2. The molecule has 0 aliphatic rings. The Morgan fingerprint density at radius 1 is 1.13 bits per heavy atom. The van der Waals surface area contributed by atoms with Crippen LogP contribution in [0.3, 0.4) is 0 Å². The number of nitrogens with one attached hydrogen (secondary N) is 1. The molecule has 1 amide bonds. The minimum absolute atomic E-state index is 0.173. The first kappa shape index (κ1) is 15.7. The number of amides is 1. The predicted molar refractivity (Wildman–Crippen MR) is 93.9 cm³/mol. The minimum Gasteiger partial charge on any atom is -0.320 e. The molecule has 1 N–H and O–H groups in total. The molecule has 0 bridgehead atoms. The summed E-state index contributed by atoms with van der Waals surface area (Å²) in [4.78, 5) is 13.1. The van der Waals surface area contributed by atoms with Crippen molar-refractivity contribution in [2.75, 3.05) is 5.32 Å². The smallest absolute Gasteiger partial charge is 0.266 e. The molecule has 0 unspecified atom stereocenters. The first-order valence-corrected chi connectivity index (χ1v) is 8.21. The van der Waals surface area contributed by atoms with Gasteiger partial charge in [0.1, 0.15) is 5.82 Å². The molecule has 3 aromatic rings. The normalized spacial score (nSPS) is 10.6. The Hall–Kier alpha value is -2.17. The Bertz CT molecular complexity index is 858. The third-order valence-electron chi connectivity index (χ3n) is 3.41. The monoisotopic (exact) mass is 345 g/mol. The van der Waals surface area contributed by atoms with Crippen LogP contribution in [0.4, 0.5) is 10.1 Å². The van der Waals surface area contributed by atoms with Crippen molar-refractivity contribution >= 4 is 34.5 Å². The van der Waals surface area contributed by atoms with Gasteiger partial charge in [0.2, 0.25) is 0 Å². The summed E-state index contributed by atoms with van der Waals surface area (Å²) in [5.74, 6) is -0.700. The Labute approximate surface area is 142 Å². The van der Waals surface area contributed by atoms with E-state index >= 15 is 0 Å². The van der Waals surface area contributed by atoms with Crippen molar-refractivity contribution in [3.8, 4) is 11.1 Å². The van der Waals surface area contributed by atoms with Crippen molar-refractivity contribution in [2.45, 2.75) is 6.92 Å². The van der Waals surface area contributed by atoms with Gasteiger partial charge in [0.15, 0.2) is 0 Å². The summed E-state index contributed by atoms with van der Waals surface area (Å²) in [6.45, 7) is 2.02. The Balaban J connectivity index is 1.89. The summed E-state index contributed by atoms with van der Waals surface area (Å²) in [7, 11) is 0. The molecule has 1 heterocycles. The number of rotatable bonds is 3. The van der Waals surface area contributed by atoms with E-state index < -0.39 is 5.82 Å². The molecule has 0 aliphatic heterocycles. The molecule has 0 spiro atoms. The summed E-state index contributed by atoms with van der Waals surface area (Å²) in [6.07, 6.45) is 0. The van der Waals surface area contributed by atoms with Gasteiger partial charge in [0, 0.05) is 5.56 Å². The van der Waals surface area contributed by atoms with Gasteiger partial charge in [-0.15, -0.1) is 11.3 Å². The van der Waals surface area contributed by atoms with Crippen LogP contribution in [-0.2, 0) is 0 Å². The Kier molecular flexibility index (Phi) is 4.46. The zero-order valence-corrected chi connectivity index (χ0v) is 13.8. The van der Waals surface area contributed by atoms with Crippen LogP contribution in [0.15, 0.2) is 53.9 Å². The number of carbonyl (C=O) groups is 1. The van der Waals surface area contributed by atoms with Gasteiger partial charge < -0.3 is 5.32 Å². The van der Waals surface area contributed by atoms with Crippen LogP contribution >= 0.6 is 22.9 Å². The maximum atomic E-state index is 13.1. The number of thiophene rings is 1. The van der Waals surface area contributed by atoms with E-state index in [0.717, 1.165) is 16.7 Å². The van der Waals surface area contributed by atoms with E-state index in [1.807, 2.05) is 42.6 Å². The van der Waals surface area contributed by atoms with Crippen molar-refractivity contribution in [3.63, 3.8) is 0 Å². The number of anilines is 1.